The van der Waals surface area contributed by atoms with E-state index in [0.29, 0.717) is 5.56 Å². The Morgan fingerprint density at radius 2 is 1.68 bits per heavy atom. The maximum Gasteiger partial charge on any atom is 0.239 e. The highest BCUT2D eigenvalue weighted by atomic mass is 19.1. The number of rotatable bonds is 2. The second kappa shape index (κ2) is 5.94. The normalized spacial score (nSPS) is 30.2. The highest BCUT2D eigenvalue weighted by molar-refractivity contribution is 6.10. The Morgan fingerprint density at radius 3 is 2.43 bits per heavy atom. The molecule has 0 bridgehead atoms. The number of nitrogens with one attached hydrogen (secondary N) is 1. The van der Waals surface area contributed by atoms with Crippen molar-refractivity contribution >= 4 is 23.7 Å². The zero-order valence-electron chi connectivity index (χ0n) is 15.1. The van der Waals surface area contributed by atoms with Gasteiger partial charge in [0, 0.05) is 18.2 Å². The molecule has 3 aliphatic heterocycles. The van der Waals surface area contributed by atoms with Gasteiger partial charge in [-0.2, -0.15) is 0 Å². The van der Waals surface area contributed by atoms with E-state index in [1.165, 1.54) is 31.3 Å². The molecular weight excluding hydrogens is 359 g/mol. The molecule has 2 aromatic rings. The first-order valence-corrected chi connectivity index (χ1v) is 9.24. The number of hydrogen-bond donors (Lipinski definition) is 1. The van der Waals surface area contributed by atoms with E-state index in [1.54, 1.807) is 0 Å². The van der Waals surface area contributed by atoms with Gasteiger partial charge in [-0.25, -0.2) is 4.39 Å². The van der Waals surface area contributed by atoms with Crippen LogP contribution in [0, 0.1) is 17.7 Å². The summed E-state index contributed by atoms with van der Waals surface area (Å²) in [5.74, 6) is -2.52. The van der Waals surface area contributed by atoms with Crippen molar-refractivity contribution in [3.8, 4) is 0 Å². The van der Waals surface area contributed by atoms with Gasteiger partial charge >= 0.3 is 0 Å². The summed E-state index contributed by atoms with van der Waals surface area (Å²) < 4.78 is 13.3. The Morgan fingerprint density at radius 1 is 1.00 bits per heavy atom. The van der Waals surface area contributed by atoms with Crippen LogP contribution in [0.5, 0.6) is 0 Å². The molecule has 5 rings (SSSR count). The van der Waals surface area contributed by atoms with Crippen LogP contribution in [0.25, 0.3) is 6.08 Å². The highest BCUT2D eigenvalue weighted by Gasteiger charge is 2.67. The molecule has 3 heterocycles. The number of likely N-dealkylation sites (tertiary alicyclic amines) is 1. The largest absolute Gasteiger partial charge is 0.292 e. The molecule has 0 saturated carbocycles. The van der Waals surface area contributed by atoms with Gasteiger partial charge in [-0.15, -0.1) is 0 Å². The number of carbonyl (C=O) groups excluding carboxylic acids is 3. The van der Waals surface area contributed by atoms with Crippen molar-refractivity contribution in [1.29, 1.82) is 0 Å². The number of carbonyl (C=O) groups is 3. The lowest BCUT2D eigenvalue weighted by molar-refractivity contribution is -0.884. The number of hydrogen-bond acceptors (Lipinski definition) is 3. The predicted octanol–water partition coefficient (Wildman–Crippen LogP) is 1.23. The van der Waals surface area contributed by atoms with E-state index in [9.17, 15) is 18.8 Å². The number of fused-ring (bicyclic) bond motifs is 5. The average Bonchev–Trinajstić information content (AvgIpc) is 3.17. The summed E-state index contributed by atoms with van der Waals surface area (Å²) in [5.41, 5.74) is 2.32. The van der Waals surface area contributed by atoms with E-state index in [1.807, 2.05) is 36.5 Å². The van der Waals surface area contributed by atoms with Crippen LogP contribution in [0.2, 0.25) is 0 Å². The van der Waals surface area contributed by atoms with E-state index >= 15 is 0 Å². The van der Waals surface area contributed by atoms with Crippen LogP contribution in [0.15, 0.2) is 54.7 Å². The minimum atomic E-state index is -0.717. The summed E-state index contributed by atoms with van der Waals surface area (Å²) in [7, 11) is 1.48. The molecule has 6 heteroatoms. The fourth-order valence-corrected chi connectivity index (χ4v) is 4.99. The van der Waals surface area contributed by atoms with Gasteiger partial charge in [0.25, 0.3) is 0 Å². The Hall–Kier alpha value is -3.12. The van der Waals surface area contributed by atoms with E-state index in [4.69, 9.17) is 0 Å². The maximum absolute atomic E-state index is 13.4. The minimum absolute atomic E-state index is 0.239. The molecule has 5 atom stereocenters. The summed E-state index contributed by atoms with van der Waals surface area (Å²) in [4.78, 5) is 41.1. The van der Waals surface area contributed by atoms with Gasteiger partial charge in [-0.05, 0) is 35.9 Å². The Bertz CT molecular complexity index is 1050. The molecule has 0 radical (unpaired) electrons. The van der Waals surface area contributed by atoms with Gasteiger partial charge in [0.1, 0.15) is 23.7 Å². The number of benzene rings is 2. The summed E-state index contributed by atoms with van der Waals surface area (Å²) >= 11 is 0. The van der Waals surface area contributed by atoms with Crippen molar-refractivity contribution < 1.29 is 23.7 Å². The smallest absolute Gasteiger partial charge is 0.239 e. The lowest BCUT2D eigenvalue weighted by Gasteiger charge is -2.30. The van der Waals surface area contributed by atoms with Gasteiger partial charge in [0.2, 0.25) is 17.6 Å². The zero-order chi connectivity index (χ0) is 19.6. The lowest BCUT2D eigenvalue weighted by Crippen LogP contribution is -3.12. The van der Waals surface area contributed by atoms with Crippen molar-refractivity contribution in [2.75, 3.05) is 7.05 Å². The van der Waals surface area contributed by atoms with Crippen LogP contribution in [0.1, 0.15) is 27.5 Å². The van der Waals surface area contributed by atoms with Crippen molar-refractivity contribution in [2.24, 2.45) is 11.8 Å². The molecule has 0 spiro atoms. The average molecular weight is 377 g/mol. The monoisotopic (exact) mass is 377 g/mol. The van der Waals surface area contributed by atoms with Crippen LogP contribution >= 0.6 is 0 Å². The first-order valence-electron chi connectivity index (χ1n) is 9.24. The Labute approximate surface area is 161 Å². The topological polar surface area (TPSA) is 58.9 Å². The van der Waals surface area contributed by atoms with Gasteiger partial charge in [-0.1, -0.05) is 24.3 Å². The molecule has 0 aromatic heterocycles. The maximum atomic E-state index is 13.4. The molecule has 2 saturated heterocycles. The number of Topliss-reactive ketones (excluding diaryl/α,β-unsaturated/α-hetero) is 1. The van der Waals surface area contributed by atoms with Gasteiger partial charge in [-0.3, -0.25) is 24.2 Å². The number of ketones is 1. The second-order valence-corrected chi connectivity index (χ2v) is 7.58. The van der Waals surface area contributed by atoms with Crippen molar-refractivity contribution in [2.45, 2.75) is 12.1 Å². The summed E-state index contributed by atoms with van der Waals surface area (Å²) in [5, 5.41) is 0. The third-order valence-corrected chi connectivity index (χ3v) is 6.25. The molecule has 2 amide bonds. The van der Waals surface area contributed by atoms with Gasteiger partial charge in [0.15, 0.2) is 6.04 Å². The molecular formula is C22H18FN2O3+. The number of imide groups is 1. The molecule has 2 aromatic carbocycles. The standard InChI is InChI=1S/C22H17FN2O3/c1-24-21(27)16-17(22(24)28)19(20(26)13-6-8-14(23)9-7-13)25-11-10-12-4-2-3-5-15(12)18(16)25/h2-11,16-19H,1H3/p+1/t16-,17+,18+,19-/m0/s1. The van der Waals surface area contributed by atoms with E-state index < -0.39 is 23.7 Å². The van der Waals surface area contributed by atoms with Crippen LogP contribution in [-0.2, 0) is 9.59 Å². The van der Waals surface area contributed by atoms with Gasteiger partial charge in [0.05, 0.1) is 6.20 Å². The molecule has 2 fully saturated rings. The number of quaternary nitrogens is 1. The molecule has 3 aliphatic rings. The molecule has 28 heavy (non-hydrogen) atoms. The molecule has 1 N–H and O–H groups in total. The predicted molar refractivity (Wildman–Crippen MR) is 98.5 cm³/mol. The van der Waals surface area contributed by atoms with Gasteiger partial charge < -0.3 is 0 Å². The number of halogens is 1. The lowest BCUT2D eigenvalue weighted by atomic mass is 9.83. The summed E-state index contributed by atoms with van der Waals surface area (Å²) in [6.07, 6.45) is 3.82. The summed E-state index contributed by atoms with van der Waals surface area (Å²) in [6, 6.07) is 12.1. The van der Waals surface area contributed by atoms with E-state index in [-0.39, 0.29) is 23.6 Å². The van der Waals surface area contributed by atoms with E-state index in [2.05, 4.69) is 0 Å². The zero-order valence-corrected chi connectivity index (χ0v) is 15.1. The minimum Gasteiger partial charge on any atom is -0.292 e. The first kappa shape index (κ1) is 17.0. The number of nitrogens with zero attached hydrogens (tertiary/aromatic N) is 1. The van der Waals surface area contributed by atoms with Crippen molar-refractivity contribution in [3.63, 3.8) is 0 Å². The third kappa shape index (κ3) is 2.18. The quantitative estimate of drug-likeness (QED) is 0.633. The molecule has 5 nitrogen and oxygen atoms in total. The fraction of sp³-hybridized carbons (Fsp3) is 0.227. The van der Waals surface area contributed by atoms with Crippen LogP contribution in [0.4, 0.5) is 4.39 Å². The first-order chi connectivity index (χ1) is 13.5. The van der Waals surface area contributed by atoms with Crippen LogP contribution in [0.3, 0.4) is 0 Å². The molecule has 140 valence electrons. The third-order valence-electron chi connectivity index (χ3n) is 6.25. The molecule has 0 aliphatic carbocycles. The highest BCUT2D eigenvalue weighted by Crippen LogP contribution is 2.43. The Balaban J connectivity index is 1.65. The van der Waals surface area contributed by atoms with Crippen molar-refractivity contribution in [3.05, 3.63) is 77.2 Å². The van der Waals surface area contributed by atoms with Crippen LogP contribution < -0.4 is 4.90 Å². The second-order valence-electron chi connectivity index (χ2n) is 7.58. The number of amides is 2. The van der Waals surface area contributed by atoms with Crippen molar-refractivity contribution in [1.82, 2.24) is 4.90 Å². The SMILES string of the molecule is CN1C(=O)[C@@H]2[C@H](C1=O)[C@H]1c3ccccc3C=C[NH+]1[C@@H]2C(=O)c1ccc(F)cc1. The van der Waals surface area contributed by atoms with Crippen LogP contribution in [-0.4, -0.2) is 35.6 Å². The van der Waals surface area contributed by atoms with E-state index in [0.717, 1.165) is 20.9 Å². The Kier molecular flexibility index (Phi) is 3.61. The molecule has 1 unspecified atom stereocenters. The fourth-order valence-electron chi connectivity index (χ4n) is 4.99. The summed E-state index contributed by atoms with van der Waals surface area (Å²) in [6.45, 7) is 0.